The molecule has 0 amide bonds. The number of halogens is 4. The molecule has 0 aliphatic heterocycles. The molecule has 0 radical (unpaired) electrons. The van der Waals surface area contributed by atoms with Crippen LogP contribution < -0.4 is 0 Å². The Morgan fingerprint density at radius 3 is 2.13 bits per heavy atom. The van der Waals surface area contributed by atoms with Crippen molar-refractivity contribution in [2.45, 2.75) is 26.6 Å². The van der Waals surface area contributed by atoms with E-state index < -0.39 is 18.3 Å². The second-order valence-electron chi connectivity index (χ2n) is 2.42. The molecule has 1 rings (SSSR count). The van der Waals surface area contributed by atoms with Crippen molar-refractivity contribution in [1.29, 1.82) is 0 Å². The number of hydrogen-bond donors (Lipinski definition) is 1. The van der Waals surface area contributed by atoms with Crippen LogP contribution in [0.15, 0.2) is 18.2 Å². The van der Waals surface area contributed by atoms with Crippen LogP contribution in [0.4, 0.5) is 13.2 Å². The lowest BCUT2D eigenvalue weighted by molar-refractivity contribution is -0.138. The first kappa shape index (κ1) is 14.3. The lowest BCUT2D eigenvalue weighted by Gasteiger charge is -2.11. The highest BCUT2D eigenvalue weighted by Crippen LogP contribution is 2.34. The van der Waals surface area contributed by atoms with Gasteiger partial charge in [-0.15, -0.1) is 0 Å². The molecule has 0 heterocycles. The van der Waals surface area contributed by atoms with Gasteiger partial charge in [-0.05, 0) is 12.1 Å². The van der Waals surface area contributed by atoms with Gasteiger partial charge in [0.05, 0.1) is 12.2 Å². The van der Waals surface area contributed by atoms with E-state index in [9.17, 15) is 13.2 Å². The molecule has 0 spiro atoms. The summed E-state index contributed by atoms with van der Waals surface area (Å²) in [5, 5.41) is 8.61. The quantitative estimate of drug-likeness (QED) is 0.790. The molecule has 0 aliphatic carbocycles. The van der Waals surface area contributed by atoms with Crippen LogP contribution >= 0.6 is 11.6 Å². The van der Waals surface area contributed by atoms with Gasteiger partial charge in [-0.25, -0.2) is 0 Å². The first-order valence-corrected chi connectivity index (χ1v) is 4.80. The monoisotopic (exact) mass is 240 g/mol. The first-order valence-electron chi connectivity index (χ1n) is 4.42. The van der Waals surface area contributed by atoms with E-state index >= 15 is 0 Å². The van der Waals surface area contributed by atoms with Crippen molar-refractivity contribution in [3.05, 3.63) is 34.3 Å². The van der Waals surface area contributed by atoms with Crippen molar-refractivity contribution in [3.63, 3.8) is 0 Å². The van der Waals surface area contributed by atoms with Crippen molar-refractivity contribution in [3.8, 4) is 0 Å². The molecule has 0 aromatic heterocycles. The average molecular weight is 241 g/mol. The Morgan fingerprint density at radius 2 is 1.80 bits per heavy atom. The molecule has 15 heavy (non-hydrogen) atoms. The Kier molecular flexibility index (Phi) is 5.68. The topological polar surface area (TPSA) is 20.2 Å². The summed E-state index contributed by atoms with van der Waals surface area (Å²) in [6.07, 6.45) is -4.47. The molecular weight excluding hydrogens is 229 g/mol. The summed E-state index contributed by atoms with van der Waals surface area (Å²) in [5.41, 5.74) is -1.17. The normalized spacial score (nSPS) is 10.6. The van der Waals surface area contributed by atoms with Gasteiger partial charge in [0.2, 0.25) is 0 Å². The van der Waals surface area contributed by atoms with Gasteiger partial charge in [-0.1, -0.05) is 31.5 Å². The number of rotatable bonds is 1. The molecule has 1 aromatic carbocycles. The SMILES string of the molecule is CC.OCc1c(Cl)cccc1C(F)(F)F. The Labute approximate surface area is 91.5 Å². The number of alkyl halides is 3. The molecule has 1 nitrogen and oxygen atoms in total. The number of benzene rings is 1. The minimum absolute atomic E-state index is 0.0719. The maximum absolute atomic E-state index is 12.2. The van der Waals surface area contributed by atoms with Crippen LogP contribution in [-0.4, -0.2) is 5.11 Å². The Bertz CT molecular complexity index is 310. The van der Waals surface area contributed by atoms with E-state index in [0.29, 0.717) is 0 Å². The fraction of sp³-hybridized carbons (Fsp3) is 0.400. The van der Waals surface area contributed by atoms with Gasteiger partial charge in [-0.2, -0.15) is 13.2 Å². The lowest BCUT2D eigenvalue weighted by atomic mass is 10.1. The molecule has 0 saturated heterocycles. The molecule has 1 aromatic rings. The third-order valence-electron chi connectivity index (χ3n) is 1.58. The van der Waals surface area contributed by atoms with Gasteiger partial charge in [0.25, 0.3) is 0 Å². The average Bonchev–Trinajstić information content (AvgIpc) is 2.19. The van der Waals surface area contributed by atoms with E-state index in [4.69, 9.17) is 16.7 Å². The van der Waals surface area contributed by atoms with Crippen molar-refractivity contribution in [1.82, 2.24) is 0 Å². The smallest absolute Gasteiger partial charge is 0.392 e. The molecule has 0 unspecified atom stereocenters. The van der Waals surface area contributed by atoms with Gasteiger partial charge in [0, 0.05) is 10.6 Å². The zero-order chi connectivity index (χ0) is 12.1. The molecule has 0 bridgehead atoms. The maximum atomic E-state index is 12.2. The lowest BCUT2D eigenvalue weighted by Crippen LogP contribution is -2.09. The minimum atomic E-state index is -4.47. The number of hydrogen-bond acceptors (Lipinski definition) is 1. The largest absolute Gasteiger partial charge is 0.416 e. The van der Waals surface area contributed by atoms with Crippen molar-refractivity contribution in [2.24, 2.45) is 0 Å². The maximum Gasteiger partial charge on any atom is 0.416 e. The summed E-state index contributed by atoms with van der Waals surface area (Å²) >= 11 is 5.48. The van der Waals surface area contributed by atoms with E-state index in [1.165, 1.54) is 12.1 Å². The third kappa shape index (κ3) is 3.72. The standard InChI is InChI=1S/C8H6ClF3O.C2H6/c9-7-3-1-2-6(5(7)4-13)8(10,11)12;1-2/h1-3,13H,4H2;1-2H3. The van der Waals surface area contributed by atoms with Crippen molar-refractivity contribution in [2.75, 3.05) is 0 Å². The molecule has 0 aliphatic rings. The zero-order valence-corrected chi connectivity index (χ0v) is 9.15. The highest BCUT2D eigenvalue weighted by molar-refractivity contribution is 6.31. The second kappa shape index (κ2) is 5.98. The van der Waals surface area contributed by atoms with Crippen LogP contribution in [0.1, 0.15) is 25.0 Å². The van der Waals surface area contributed by atoms with E-state index in [1.54, 1.807) is 0 Å². The number of aliphatic hydroxyl groups excluding tert-OH is 1. The van der Waals surface area contributed by atoms with Crippen LogP contribution in [0.25, 0.3) is 0 Å². The predicted molar refractivity (Wildman–Crippen MR) is 53.7 cm³/mol. The first-order chi connectivity index (χ1) is 6.96. The predicted octanol–water partition coefficient (Wildman–Crippen LogP) is 3.88. The Hall–Kier alpha value is -0.740. The van der Waals surface area contributed by atoms with Crippen LogP contribution in [0.3, 0.4) is 0 Å². The highest BCUT2D eigenvalue weighted by Gasteiger charge is 2.33. The molecule has 0 fully saturated rings. The van der Waals surface area contributed by atoms with Crippen LogP contribution in [-0.2, 0) is 12.8 Å². The van der Waals surface area contributed by atoms with Crippen LogP contribution in [0.2, 0.25) is 5.02 Å². The summed E-state index contributed by atoms with van der Waals surface area (Å²) < 4.78 is 36.7. The van der Waals surface area contributed by atoms with Gasteiger partial charge in [-0.3, -0.25) is 0 Å². The molecule has 0 saturated carbocycles. The highest BCUT2D eigenvalue weighted by atomic mass is 35.5. The van der Waals surface area contributed by atoms with Gasteiger partial charge in [0.15, 0.2) is 0 Å². The zero-order valence-electron chi connectivity index (χ0n) is 8.40. The van der Waals surface area contributed by atoms with E-state index in [1.807, 2.05) is 13.8 Å². The van der Waals surface area contributed by atoms with Crippen LogP contribution in [0.5, 0.6) is 0 Å². The second-order valence-corrected chi connectivity index (χ2v) is 2.83. The fourth-order valence-corrected chi connectivity index (χ4v) is 1.22. The molecule has 5 heteroatoms. The summed E-state index contributed by atoms with van der Waals surface area (Å²) in [5.74, 6) is 0. The van der Waals surface area contributed by atoms with E-state index in [-0.39, 0.29) is 10.6 Å². The fourth-order valence-electron chi connectivity index (χ4n) is 0.985. The van der Waals surface area contributed by atoms with Gasteiger partial charge in [0.1, 0.15) is 0 Å². The summed E-state index contributed by atoms with van der Waals surface area (Å²) in [6.45, 7) is 3.29. The molecule has 86 valence electrons. The van der Waals surface area contributed by atoms with Crippen LogP contribution in [0, 0.1) is 0 Å². The molecule has 0 atom stereocenters. The van der Waals surface area contributed by atoms with Gasteiger partial charge < -0.3 is 5.11 Å². The third-order valence-corrected chi connectivity index (χ3v) is 1.94. The van der Waals surface area contributed by atoms with Crippen molar-refractivity contribution >= 4 is 11.6 Å². The minimum Gasteiger partial charge on any atom is -0.392 e. The summed E-state index contributed by atoms with van der Waals surface area (Å²) in [7, 11) is 0. The van der Waals surface area contributed by atoms with Crippen molar-refractivity contribution < 1.29 is 18.3 Å². The summed E-state index contributed by atoms with van der Waals surface area (Å²) in [6, 6.07) is 3.39. The molecule has 1 N–H and O–H groups in total. The Balaban J connectivity index is 0.000000921. The number of aliphatic hydroxyl groups is 1. The van der Waals surface area contributed by atoms with Gasteiger partial charge >= 0.3 is 6.18 Å². The van der Waals surface area contributed by atoms with E-state index in [0.717, 1.165) is 6.07 Å². The molecular formula is C10H12ClF3O. The Morgan fingerprint density at radius 1 is 1.27 bits per heavy atom. The van der Waals surface area contributed by atoms with E-state index in [2.05, 4.69) is 0 Å². The summed E-state index contributed by atoms with van der Waals surface area (Å²) in [4.78, 5) is 0.